The molecule has 2 aromatic rings. The molecule has 1 aromatic carbocycles. The molecule has 0 radical (unpaired) electrons. The van der Waals surface area contributed by atoms with Gasteiger partial charge in [-0.1, -0.05) is 0 Å². The van der Waals surface area contributed by atoms with E-state index in [1.807, 2.05) is 43.4 Å². The number of likely N-dealkylation sites (tertiary alicyclic amines) is 1. The molecule has 1 aliphatic rings. The van der Waals surface area contributed by atoms with E-state index in [4.69, 9.17) is 0 Å². The molecule has 0 unspecified atom stereocenters. The van der Waals surface area contributed by atoms with Gasteiger partial charge in [-0.05, 0) is 61.6 Å². The molecule has 0 aliphatic carbocycles. The van der Waals surface area contributed by atoms with E-state index in [0.29, 0.717) is 23.5 Å². The van der Waals surface area contributed by atoms with Crippen LogP contribution in [0.3, 0.4) is 0 Å². The van der Waals surface area contributed by atoms with Crippen molar-refractivity contribution in [1.29, 1.82) is 0 Å². The van der Waals surface area contributed by atoms with Crippen LogP contribution in [0.1, 0.15) is 31.1 Å². The van der Waals surface area contributed by atoms with Gasteiger partial charge in [0.2, 0.25) is 0 Å². The molecule has 27 heavy (non-hydrogen) atoms. The molecule has 1 saturated heterocycles. The molecule has 0 saturated carbocycles. The zero-order valence-corrected chi connectivity index (χ0v) is 18.4. The van der Waals surface area contributed by atoms with Gasteiger partial charge < -0.3 is 20.6 Å². The van der Waals surface area contributed by atoms with Crippen LogP contribution in [0.2, 0.25) is 0 Å². The van der Waals surface area contributed by atoms with E-state index in [0.717, 1.165) is 3.57 Å². The summed E-state index contributed by atoms with van der Waals surface area (Å²) in [5.41, 5.74) is 0.395. The molecule has 8 heteroatoms. The minimum absolute atomic E-state index is 0.0951. The van der Waals surface area contributed by atoms with Crippen LogP contribution in [-0.4, -0.2) is 46.7 Å². The number of carbonyl (C=O) groups is 1. The number of nitrogens with zero attached hydrogens (tertiary/aromatic N) is 1. The first-order valence-corrected chi connectivity index (χ1v) is 10.6. The molecule has 0 spiro atoms. The SMILES string of the molecule is CC(C)(C)NCC1(O)CN(C(=O)c2cscc2Nc2ccc(I)cc2F)C1. The molecule has 1 aromatic heterocycles. The molecule has 3 N–H and O–H groups in total. The van der Waals surface area contributed by atoms with E-state index in [2.05, 4.69) is 10.6 Å². The number of rotatable bonds is 5. The third-order valence-corrected chi connectivity index (χ3v) is 5.71. The van der Waals surface area contributed by atoms with E-state index >= 15 is 0 Å². The van der Waals surface area contributed by atoms with Crippen molar-refractivity contribution in [3.63, 3.8) is 0 Å². The highest BCUT2D eigenvalue weighted by atomic mass is 127. The van der Waals surface area contributed by atoms with E-state index in [-0.39, 0.29) is 30.4 Å². The van der Waals surface area contributed by atoms with Gasteiger partial charge >= 0.3 is 0 Å². The summed E-state index contributed by atoms with van der Waals surface area (Å²) < 4.78 is 14.9. The second kappa shape index (κ2) is 7.65. The largest absolute Gasteiger partial charge is 0.385 e. The van der Waals surface area contributed by atoms with Crippen molar-refractivity contribution in [2.75, 3.05) is 25.0 Å². The lowest BCUT2D eigenvalue weighted by molar-refractivity contribution is -0.0811. The smallest absolute Gasteiger partial charge is 0.257 e. The fourth-order valence-corrected chi connectivity index (χ4v) is 4.02. The van der Waals surface area contributed by atoms with Gasteiger partial charge in [0.05, 0.1) is 30.0 Å². The average Bonchev–Trinajstić information content (AvgIpc) is 3.00. The Hall–Kier alpha value is -1.23. The van der Waals surface area contributed by atoms with Gasteiger partial charge in [0.25, 0.3) is 5.91 Å². The van der Waals surface area contributed by atoms with Gasteiger partial charge in [-0.2, -0.15) is 0 Å². The fraction of sp³-hybridized carbons (Fsp3) is 0.421. The predicted octanol–water partition coefficient (Wildman–Crippen LogP) is 3.81. The van der Waals surface area contributed by atoms with Gasteiger partial charge in [-0.15, -0.1) is 11.3 Å². The average molecular weight is 503 g/mol. The fourth-order valence-electron chi connectivity index (χ4n) is 2.82. The summed E-state index contributed by atoms with van der Waals surface area (Å²) in [5, 5.41) is 20.4. The van der Waals surface area contributed by atoms with E-state index < -0.39 is 5.60 Å². The number of nitrogens with one attached hydrogen (secondary N) is 2. The molecule has 0 bridgehead atoms. The summed E-state index contributed by atoms with van der Waals surface area (Å²) in [5.74, 6) is -0.525. The molecule has 2 heterocycles. The Morgan fingerprint density at radius 1 is 1.33 bits per heavy atom. The Morgan fingerprint density at radius 2 is 2.04 bits per heavy atom. The van der Waals surface area contributed by atoms with Gasteiger partial charge in [0, 0.05) is 26.4 Å². The summed E-state index contributed by atoms with van der Waals surface area (Å²) in [6, 6.07) is 4.90. The number of thiophene rings is 1. The first-order chi connectivity index (χ1) is 12.6. The number of hydrogen-bond donors (Lipinski definition) is 3. The van der Waals surface area contributed by atoms with Gasteiger partial charge in [-0.25, -0.2) is 4.39 Å². The van der Waals surface area contributed by atoms with Crippen molar-refractivity contribution in [1.82, 2.24) is 10.2 Å². The lowest BCUT2D eigenvalue weighted by Gasteiger charge is -2.47. The van der Waals surface area contributed by atoms with Crippen molar-refractivity contribution in [2.24, 2.45) is 0 Å². The monoisotopic (exact) mass is 503 g/mol. The van der Waals surface area contributed by atoms with Gasteiger partial charge in [0.15, 0.2) is 0 Å². The van der Waals surface area contributed by atoms with E-state index in [1.54, 1.807) is 27.8 Å². The minimum atomic E-state index is -0.908. The normalized spacial score (nSPS) is 16.1. The molecule has 146 valence electrons. The van der Waals surface area contributed by atoms with Gasteiger partial charge in [-0.3, -0.25) is 4.79 Å². The Kier molecular flexibility index (Phi) is 5.81. The summed E-state index contributed by atoms with van der Waals surface area (Å²) in [6.45, 7) is 7.09. The first-order valence-electron chi connectivity index (χ1n) is 8.61. The van der Waals surface area contributed by atoms with Crippen LogP contribution in [0.4, 0.5) is 15.8 Å². The van der Waals surface area contributed by atoms with Crippen molar-refractivity contribution in [2.45, 2.75) is 31.9 Å². The van der Waals surface area contributed by atoms with Crippen molar-refractivity contribution in [3.05, 3.63) is 43.9 Å². The Balaban J connectivity index is 1.65. The molecule has 5 nitrogen and oxygen atoms in total. The number of aliphatic hydroxyl groups is 1. The van der Waals surface area contributed by atoms with Crippen LogP contribution < -0.4 is 10.6 Å². The second-order valence-electron chi connectivity index (χ2n) is 7.94. The van der Waals surface area contributed by atoms with E-state index in [9.17, 15) is 14.3 Å². The maximum Gasteiger partial charge on any atom is 0.257 e. The highest BCUT2D eigenvalue weighted by molar-refractivity contribution is 14.1. The van der Waals surface area contributed by atoms with E-state index in [1.165, 1.54) is 17.4 Å². The number of hydrogen-bond acceptors (Lipinski definition) is 5. The molecule has 1 aliphatic heterocycles. The highest BCUT2D eigenvalue weighted by Crippen LogP contribution is 2.31. The summed E-state index contributed by atoms with van der Waals surface area (Å²) in [4.78, 5) is 14.4. The molecular weight excluding hydrogens is 480 g/mol. The number of carbonyl (C=O) groups excluding carboxylic acids is 1. The van der Waals surface area contributed by atoms with Crippen LogP contribution in [0, 0.1) is 9.39 Å². The predicted molar refractivity (Wildman–Crippen MR) is 115 cm³/mol. The number of β-amino-alcohol motifs (C(OH)–C–C–N with tert-alkyl or cyclic N) is 1. The standard InChI is InChI=1S/C19H23FIN3O2S/c1-18(2,3)22-9-19(26)10-24(11-19)17(25)13-7-27-8-16(13)23-15-5-4-12(21)6-14(15)20/h4-8,22-23,26H,9-11H2,1-3H3. The highest BCUT2D eigenvalue weighted by Gasteiger charge is 2.44. The topological polar surface area (TPSA) is 64.6 Å². The molecule has 0 atom stereocenters. The zero-order chi connectivity index (χ0) is 19.8. The molecular formula is C19H23FIN3O2S. The van der Waals surface area contributed by atoms with Crippen molar-refractivity contribution >= 4 is 51.2 Å². The molecule has 3 rings (SSSR count). The van der Waals surface area contributed by atoms with Crippen molar-refractivity contribution in [3.8, 4) is 0 Å². The third kappa shape index (κ3) is 4.98. The lowest BCUT2D eigenvalue weighted by atomic mass is 9.92. The summed E-state index contributed by atoms with van der Waals surface area (Å²) in [7, 11) is 0. The molecule has 1 amide bonds. The minimum Gasteiger partial charge on any atom is -0.385 e. The summed E-state index contributed by atoms with van der Waals surface area (Å²) in [6.07, 6.45) is 0. The Labute approximate surface area is 176 Å². The summed E-state index contributed by atoms with van der Waals surface area (Å²) >= 11 is 3.43. The lowest BCUT2D eigenvalue weighted by Crippen LogP contribution is -2.68. The number of amides is 1. The number of benzene rings is 1. The number of anilines is 2. The van der Waals surface area contributed by atoms with Crippen LogP contribution >= 0.6 is 33.9 Å². The van der Waals surface area contributed by atoms with Crippen LogP contribution in [0.25, 0.3) is 0 Å². The quantitative estimate of drug-likeness (QED) is 0.544. The third-order valence-electron chi connectivity index (χ3n) is 4.30. The maximum absolute atomic E-state index is 14.1. The first kappa shape index (κ1) is 20.5. The zero-order valence-electron chi connectivity index (χ0n) is 15.5. The van der Waals surface area contributed by atoms with Gasteiger partial charge in [0.1, 0.15) is 11.4 Å². The second-order valence-corrected chi connectivity index (χ2v) is 9.93. The number of halogens is 2. The Bertz CT molecular complexity index is 844. The molecule has 1 fully saturated rings. The van der Waals surface area contributed by atoms with Crippen molar-refractivity contribution < 1.29 is 14.3 Å². The maximum atomic E-state index is 14.1. The van der Waals surface area contributed by atoms with Crippen LogP contribution in [0.15, 0.2) is 29.0 Å². The van der Waals surface area contributed by atoms with Crippen LogP contribution in [-0.2, 0) is 0 Å². The Morgan fingerprint density at radius 3 is 2.67 bits per heavy atom. The van der Waals surface area contributed by atoms with Crippen LogP contribution in [0.5, 0.6) is 0 Å².